The summed E-state index contributed by atoms with van der Waals surface area (Å²) in [5.74, 6) is 0.771. The third kappa shape index (κ3) is 3.62. The molecule has 124 valence electrons. The first kappa shape index (κ1) is 15.8. The highest BCUT2D eigenvalue weighted by molar-refractivity contribution is 5.59. The van der Waals surface area contributed by atoms with E-state index in [2.05, 4.69) is 20.0 Å². The molecule has 7 nitrogen and oxygen atoms in total. The summed E-state index contributed by atoms with van der Waals surface area (Å²) in [6.07, 6.45) is 0. The van der Waals surface area contributed by atoms with Crippen LogP contribution in [0, 0.1) is 6.92 Å². The first-order chi connectivity index (χ1) is 11.5. The van der Waals surface area contributed by atoms with Crippen LogP contribution in [0.2, 0.25) is 0 Å². The van der Waals surface area contributed by atoms with Crippen molar-refractivity contribution in [1.82, 2.24) is 19.9 Å². The topological polar surface area (TPSA) is 83.0 Å². The summed E-state index contributed by atoms with van der Waals surface area (Å²) in [5.41, 5.74) is 0.814. The SMILES string of the molecule is Cc1noc(Cn2nc(-c3ccc(OC(F)F)cc3)ccc2=O)n1. The van der Waals surface area contributed by atoms with Gasteiger partial charge in [-0.3, -0.25) is 4.79 Å². The molecule has 0 bridgehead atoms. The van der Waals surface area contributed by atoms with Crippen LogP contribution in [0.5, 0.6) is 5.75 Å². The quantitative estimate of drug-likeness (QED) is 0.712. The third-order valence-corrected chi connectivity index (χ3v) is 3.10. The number of nitrogens with zero attached hydrogens (tertiary/aromatic N) is 4. The minimum atomic E-state index is -2.88. The highest BCUT2D eigenvalue weighted by Crippen LogP contribution is 2.21. The lowest BCUT2D eigenvalue weighted by atomic mass is 10.1. The largest absolute Gasteiger partial charge is 0.435 e. The van der Waals surface area contributed by atoms with E-state index in [0.717, 1.165) is 0 Å². The van der Waals surface area contributed by atoms with Crippen LogP contribution in [-0.2, 0) is 6.54 Å². The van der Waals surface area contributed by atoms with Gasteiger partial charge in [-0.25, -0.2) is 4.68 Å². The second-order valence-corrected chi connectivity index (χ2v) is 4.85. The molecule has 0 fully saturated rings. The number of halogens is 2. The third-order valence-electron chi connectivity index (χ3n) is 3.10. The van der Waals surface area contributed by atoms with Gasteiger partial charge in [-0.2, -0.15) is 18.9 Å². The molecular formula is C15H12F2N4O3. The van der Waals surface area contributed by atoms with Crippen LogP contribution in [-0.4, -0.2) is 26.5 Å². The molecule has 0 aliphatic carbocycles. The van der Waals surface area contributed by atoms with Gasteiger partial charge in [0.25, 0.3) is 5.56 Å². The van der Waals surface area contributed by atoms with Gasteiger partial charge in [-0.1, -0.05) is 5.16 Å². The molecule has 0 aliphatic rings. The van der Waals surface area contributed by atoms with Gasteiger partial charge in [0.05, 0.1) is 5.69 Å². The van der Waals surface area contributed by atoms with Gasteiger partial charge in [0.15, 0.2) is 5.82 Å². The van der Waals surface area contributed by atoms with Crippen molar-refractivity contribution >= 4 is 0 Å². The average Bonchev–Trinajstić information content (AvgIpc) is 2.95. The van der Waals surface area contributed by atoms with Crippen molar-refractivity contribution < 1.29 is 18.0 Å². The zero-order valence-corrected chi connectivity index (χ0v) is 12.5. The van der Waals surface area contributed by atoms with Crippen molar-refractivity contribution in [3.05, 3.63) is 58.5 Å². The number of aryl methyl sites for hydroxylation is 1. The van der Waals surface area contributed by atoms with Gasteiger partial charge < -0.3 is 9.26 Å². The lowest BCUT2D eigenvalue weighted by Gasteiger charge is -2.07. The predicted octanol–water partition coefficient (Wildman–Crippen LogP) is 2.25. The Balaban J connectivity index is 1.86. The van der Waals surface area contributed by atoms with Crippen molar-refractivity contribution in [2.75, 3.05) is 0 Å². The Morgan fingerprint density at radius 1 is 1.21 bits per heavy atom. The van der Waals surface area contributed by atoms with E-state index in [9.17, 15) is 13.6 Å². The fraction of sp³-hybridized carbons (Fsp3) is 0.200. The van der Waals surface area contributed by atoms with Gasteiger partial charge in [-0.15, -0.1) is 0 Å². The number of aromatic nitrogens is 4. The monoisotopic (exact) mass is 334 g/mol. The second kappa shape index (κ2) is 6.57. The Morgan fingerprint density at radius 3 is 2.58 bits per heavy atom. The van der Waals surface area contributed by atoms with Crippen LogP contribution in [0.25, 0.3) is 11.3 Å². The minimum Gasteiger partial charge on any atom is -0.435 e. The minimum absolute atomic E-state index is 0.0418. The number of ether oxygens (including phenoxy) is 1. The summed E-state index contributed by atoms with van der Waals surface area (Å²) in [7, 11) is 0. The molecule has 0 aliphatic heterocycles. The smallest absolute Gasteiger partial charge is 0.387 e. The fourth-order valence-corrected chi connectivity index (χ4v) is 2.06. The summed E-state index contributed by atoms with van der Waals surface area (Å²) in [6, 6.07) is 8.85. The van der Waals surface area contributed by atoms with Gasteiger partial charge in [0, 0.05) is 11.6 Å². The Morgan fingerprint density at radius 2 is 1.96 bits per heavy atom. The van der Waals surface area contributed by atoms with Crippen LogP contribution in [0.1, 0.15) is 11.7 Å². The van der Waals surface area contributed by atoms with E-state index in [0.29, 0.717) is 17.1 Å². The molecule has 24 heavy (non-hydrogen) atoms. The normalized spacial score (nSPS) is 11.0. The molecule has 0 saturated carbocycles. The molecule has 0 atom stereocenters. The molecular weight excluding hydrogens is 322 g/mol. The standard InChI is InChI=1S/C15H12F2N4O3/c1-9-18-13(24-20-9)8-21-14(22)7-6-12(19-21)10-2-4-11(5-3-10)23-15(16)17/h2-7,15H,8H2,1H3. The maximum atomic E-state index is 12.2. The molecule has 0 spiro atoms. The first-order valence-electron chi connectivity index (χ1n) is 6.94. The number of alkyl halides is 2. The molecule has 0 N–H and O–H groups in total. The number of rotatable bonds is 5. The molecule has 9 heteroatoms. The molecule has 0 radical (unpaired) electrons. The van der Waals surface area contributed by atoms with Gasteiger partial charge >= 0.3 is 6.61 Å². The van der Waals surface area contributed by atoms with Crippen LogP contribution in [0.3, 0.4) is 0 Å². The van der Waals surface area contributed by atoms with E-state index < -0.39 is 6.61 Å². The van der Waals surface area contributed by atoms with Crippen LogP contribution < -0.4 is 10.3 Å². The van der Waals surface area contributed by atoms with Crippen molar-refractivity contribution in [3.63, 3.8) is 0 Å². The summed E-state index contributed by atoms with van der Waals surface area (Å²) in [5, 5.41) is 7.88. The highest BCUT2D eigenvalue weighted by Gasteiger charge is 2.09. The van der Waals surface area contributed by atoms with Crippen LogP contribution in [0.4, 0.5) is 8.78 Å². The van der Waals surface area contributed by atoms with Gasteiger partial charge in [0.2, 0.25) is 5.89 Å². The summed E-state index contributed by atoms with van der Waals surface area (Å²) >= 11 is 0. The van der Waals surface area contributed by atoms with E-state index in [1.165, 1.54) is 22.9 Å². The Kier molecular flexibility index (Phi) is 4.32. The summed E-state index contributed by atoms with van der Waals surface area (Å²) in [6.45, 7) is -1.17. The molecule has 0 amide bonds. The van der Waals surface area contributed by atoms with Crippen molar-refractivity contribution in [3.8, 4) is 17.0 Å². The van der Waals surface area contributed by atoms with E-state index in [1.807, 2.05) is 0 Å². The van der Waals surface area contributed by atoms with E-state index in [-0.39, 0.29) is 23.7 Å². The molecule has 2 heterocycles. The molecule has 3 aromatic rings. The lowest BCUT2D eigenvalue weighted by Crippen LogP contribution is -2.23. The first-order valence-corrected chi connectivity index (χ1v) is 6.94. The highest BCUT2D eigenvalue weighted by atomic mass is 19.3. The zero-order chi connectivity index (χ0) is 17.1. The Labute approximate surface area is 134 Å². The molecule has 1 aromatic carbocycles. The fourth-order valence-electron chi connectivity index (χ4n) is 2.06. The van der Waals surface area contributed by atoms with Crippen molar-refractivity contribution in [1.29, 1.82) is 0 Å². The number of hydrogen-bond acceptors (Lipinski definition) is 6. The Bertz CT molecular complexity index is 890. The van der Waals surface area contributed by atoms with Gasteiger partial charge in [0.1, 0.15) is 12.3 Å². The molecule has 2 aromatic heterocycles. The average molecular weight is 334 g/mol. The number of hydrogen-bond donors (Lipinski definition) is 0. The maximum Gasteiger partial charge on any atom is 0.387 e. The number of benzene rings is 1. The maximum absolute atomic E-state index is 12.2. The molecule has 0 unspecified atom stereocenters. The van der Waals surface area contributed by atoms with Gasteiger partial charge in [-0.05, 0) is 37.3 Å². The van der Waals surface area contributed by atoms with E-state index in [1.54, 1.807) is 25.1 Å². The molecule has 0 saturated heterocycles. The van der Waals surface area contributed by atoms with Crippen molar-refractivity contribution in [2.45, 2.75) is 20.1 Å². The van der Waals surface area contributed by atoms with E-state index in [4.69, 9.17) is 4.52 Å². The van der Waals surface area contributed by atoms with Crippen LogP contribution in [0.15, 0.2) is 45.7 Å². The van der Waals surface area contributed by atoms with E-state index >= 15 is 0 Å². The summed E-state index contributed by atoms with van der Waals surface area (Å²) in [4.78, 5) is 15.9. The second-order valence-electron chi connectivity index (χ2n) is 4.85. The Hall–Kier alpha value is -3.10. The predicted molar refractivity (Wildman–Crippen MR) is 78.7 cm³/mol. The van der Waals surface area contributed by atoms with Crippen LogP contribution >= 0.6 is 0 Å². The lowest BCUT2D eigenvalue weighted by molar-refractivity contribution is -0.0498. The van der Waals surface area contributed by atoms with Crippen molar-refractivity contribution in [2.24, 2.45) is 0 Å². The zero-order valence-electron chi connectivity index (χ0n) is 12.5. The summed E-state index contributed by atoms with van der Waals surface area (Å²) < 4.78 is 34.8. The molecule has 3 rings (SSSR count).